The van der Waals surface area contributed by atoms with E-state index in [1.165, 1.54) is 42.4 Å². The molecule has 2 heterocycles. The molecule has 2 amide bonds. The van der Waals surface area contributed by atoms with E-state index in [0.29, 0.717) is 39.5 Å². The summed E-state index contributed by atoms with van der Waals surface area (Å²) in [7, 11) is 0. The Hall–Kier alpha value is -4.12. The molecule has 248 valence electrons. The maximum Gasteiger partial charge on any atom is 0.416 e. The Balaban J connectivity index is 0.993. The number of aromatic hydroxyl groups is 1. The van der Waals surface area contributed by atoms with Crippen molar-refractivity contribution < 1.29 is 32.3 Å². The average Bonchev–Trinajstić information content (AvgIpc) is 3.40. The Bertz CT molecular complexity index is 1870. The smallest absolute Gasteiger partial charge is 0.416 e. The zero-order chi connectivity index (χ0) is 33.4. The lowest BCUT2D eigenvalue weighted by Gasteiger charge is -2.57. The minimum absolute atomic E-state index is 0.148. The van der Waals surface area contributed by atoms with Gasteiger partial charge in [0.2, 0.25) is 5.91 Å². The third-order valence-electron chi connectivity index (χ3n) is 10.8. The Kier molecular flexibility index (Phi) is 7.46. The molecule has 3 aromatic carbocycles. The quantitative estimate of drug-likeness (QED) is 0.224. The molecule has 1 N–H and O–H groups in total. The van der Waals surface area contributed by atoms with E-state index in [-0.39, 0.29) is 41.9 Å². The Morgan fingerprint density at radius 2 is 1.60 bits per heavy atom. The predicted octanol–water partition coefficient (Wildman–Crippen LogP) is 8.00. The van der Waals surface area contributed by atoms with Crippen molar-refractivity contribution in [2.45, 2.75) is 50.1 Å². The minimum Gasteiger partial charge on any atom is -0.505 e. The first-order valence-corrected chi connectivity index (χ1v) is 17.1. The van der Waals surface area contributed by atoms with Crippen molar-refractivity contribution in [3.63, 3.8) is 0 Å². The molecule has 0 unspecified atom stereocenters. The Labute approximate surface area is 279 Å². The van der Waals surface area contributed by atoms with Crippen LogP contribution >= 0.6 is 11.8 Å². The van der Waals surface area contributed by atoms with Gasteiger partial charge in [-0.25, -0.2) is 4.39 Å². The topological polar surface area (TPSA) is 73.2 Å². The molecule has 0 radical (unpaired) electrons. The van der Waals surface area contributed by atoms with Crippen molar-refractivity contribution >= 4 is 40.5 Å². The fourth-order valence-electron chi connectivity index (χ4n) is 9.06. The van der Waals surface area contributed by atoms with E-state index in [1.54, 1.807) is 11.0 Å². The summed E-state index contributed by atoms with van der Waals surface area (Å²) in [5.41, 5.74) is 2.17. The summed E-state index contributed by atoms with van der Waals surface area (Å²) in [6.45, 7) is 0.288. The Morgan fingerprint density at radius 1 is 0.896 bits per heavy atom. The van der Waals surface area contributed by atoms with Gasteiger partial charge in [0.15, 0.2) is 16.7 Å². The molecule has 6 nitrogen and oxygen atoms in total. The lowest BCUT2D eigenvalue weighted by atomic mass is 9.48. The SMILES string of the molecule is O=C1N=C(N2CCN(c3cccc(C(F)(F)F)c3)CC2=O)SC1=Cc1cccc(-c2cc(F)c(O)c(C34CC5CC(CC(C5)C3)C4)c2)c1. The van der Waals surface area contributed by atoms with Crippen molar-refractivity contribution in [1.29, 1.82) is 0 Å². The number of nitrogens with zero attached hydrogens (tertiary/aromatic N) is 3. The van der Waals surface area contributed by atoms with Crippen LogP contribution in [0.4, 0.5) is 23.2 Å². The van der Waals surface area contributed by atoms with Gasteiger partial charge in [0, 0.05) is 24.3 Å². The summed E-state index contributed by atoms with van der Waals surface area (Å²) in [5, 5.41) is 11.2. The van der Waals surface area contributed by atoms with Gasteiger partial charge >= 0.3 is 6.18 Å². The fourth-order valence-corrected chi connectivity index (χ4v) is 10.0. The molecule has 0 aromatic heterocycles. The molecule has 48 heavy (non-hydrogen) atoms. The van der Waals surface area contributed by atoms with Gasteiger partial charge in [0.25, 0.3) is 5.91 Å². The van der Waals surface area contributed by atoms with Crippen molar-refractivity contribution in [2.24, 2.45) is 22.7 Å². The molecular formula is C37H33F4N3O3S. The first-order chi connectivity index (χ1) is 22.9. The fraction of sp³-hybridized carbons (Fsp3) is 0.378. The number of rotatable bonds is 4. The summed E-state index contributed by atoms with van der Waals surface area (Å²) in [4.78, 5) is 33.4. The van der Waals surface area contributed by atoms with Gasteiger partial charge < -0.3 is 10.0 Å². The monoisotopic (exact) mass is 675 g/mol. The number of phenolic OH excluding ortho intramolecular Hbond substituents is 1. The minimum atomic E-state index is -4.49. The summed E-state index contributed by atoms with van der Waals surface area (Å²) in [6, 6.07) is 15.6. The van der Waals surface area contributed by atoms with Gasteiger partial charge in [0.1, 0.15) is 0 Å². The van der Waals surface area contributed by atoms with E-state index in [4.69, 9.17) is 0 Å². The van der Waals surface area contributed by atoms with E-state index in [2.05, 4.69) is 4.99 Å². The van der Waals surface area contributed by atoms with Crippen LogP contribution < -0.4 is 4.90 Å². The molecule has 3 aromatic rings. The first-order valence-electron chi connectivity index (χ1n) is 16.3. The van der Waals surface area contributed by atoms with Crippen LogP contribution in [-0.2, 0) is 21.2 Å². The zero-order valence-electron chi connectivity index (χ0n) is 26.0. The number of hydrogen-bond acceptors (Lipinski definition) is 5. The lowest BCUT2D eigenvalue weighted by Crippen LogP contribution is -2.51. The molecule has 6 aliphatic rings. The summed E-state index contributed by atoms with van der Waals surface area (Å²) in [6.07, 6.45) is 3.90. The highest BCUT2D eigenvalue weighted by molar-refractivity contribution is 8.18. The van der Waals surface area contributed by atoms with Crippen LogP contribution in [0.1, 0.15) is 55.2 Å². The van der Waals surface area contributed by atoms with Crippen LogP contribution in [0, 0.1) is 23.6 Å². The highest BCUT2D eigenvalue weighted by atomic mass is 32.2. The maximum atomic E-state index is 15.3. The number of aliphatic imine (C=N–C) groups is 1. The van der Waals surface area contributed by atoms with Crippen LogP contribution in [0.5, 0.6) is 5.75 Å². The van der Waals surface area contributed by atoms with E-state index in [1.807, 2.05) is 30.3 Å². The third-order valence-corrected chi connectivity index (χ3v) is 11.8. The molecule has 1 saturated heterocycles. The predicted molar refractivity (Wildman–Crippen MR) is 177 cm³/mol. The Morgan fingerprint density at radius 3 is 2.29 bits per heavy atom. The van der Waals surface area contributed by atoms with Crippen LogP contribution in [0.3, 0.4) is 0 Å². The van der Waals surface area contributed by atoms with Crippen LogP contribution in [0.2, 0.25) is 0 Å². The molecule has 0 atom stereocenters. The number of halogens is 4. The van der Waals surface area contributed by atoms with Gasteiger partial charge in [-0.3, -0.25) is 14.5 Å². The number of piperazine rings is 1. The molecular weight excluding hydrogens is 642 g/mol. The number of thioether (sulfide) groups is 1. The van der Waals surface area contributed by atoms with Crippen molar-refractivity contribution in [1.82, 2.24) is 4.90 Å². The molecule has 11 heteroatoms. The second kappa shape index (κ2) is 11.5. The summed E-state index contributed by atoms with van der Waals surface area (Å²) < 4.78 is 55.0. The van der Waals surface area contributed by atoms with E-state index < -0.39 is 23.5 Å². The number of amidine groups is 1. The van der Waals surface area contributed by atoms with Crippen LogP contribution in [0.15, 0.2) is 70.6 Å². The van der Waals surface area contributed by atoms with Crippen LogP contribution in [-0.4, -0.2) is 46.6 Å². The van der Waals surface area contributed by atoms with E-state index >= 15 is 4.39 Å². The molecule has 9 rings (SSSR count). The normalized spacial score (nSPS) is 27.7. The van der Waals surface area contributed by atoms with Gasteiger partial charge in [-0.1, -0.05) is 24.3 Å². The maximum absolute atomic E-state index is 15.3. The first kappa shape index (κ1) is 31.2. The average molecular weight is 676 g/mol. The van der Waals surface area contributed by atoms with E-state index in [9.17, 15) is 27.9 Å². The van der Waals surface area contributed by atoms with Gasteiger partial charge in [0.05, 0.1) is 17.0 Å². The van der Waals surface area contributed by atoms with E-state index in [0.717, 1.165) is 54.3 Å². The molecule has 4 aliphatic carbocycles. The van der Waals surface area contributed by atoms with Crippen molar-refractivity contribution in [2.75, 3.05) is 24.5 Å². The zero-order valence-corrected chi connectivity index (χ0v) is 26.8. The van der Waals surface area contributed by atoms with Crippen LogP contribution in [0.25, 0.3) is 17.2 Å². The standard InChI is InChI=1S/C37H33F4N3O3S/c38-30-15-26(14-29(33(30)46)36-17-22-9-23(18-36)11-24(10-22)19-36)25-4-1-3-21(12-25)13-31-34(47)42-35(48-31)44-8-7-43(20-32(44)45)28-6-2-5-27(16-28)37(39,40)41/h1-6,12-16,22-24,46H,7-11,17-20H2. The number of amides is 2. The van der Waals surface area contributed by atoms with Gasteiger partial charge in [-0.05, 0) is 133 Å². The highest BCUT2D eigenvalue weighted by Crippen LogP contribution is 2.62. The van der Waals surface area contributed by atoms with Gasteiger partial charge in [-0.2, -0.15) is 18.2 Å². The summed E-state index contributed by atoms with van der Waals surface area (Å²) in [5.74, 6) is 0.195. The number of carbonyl (C=O) groups is 2. The number of carbonyl (C=O) groups excluding carboxylic acids is 2. The van der Waals surface area contributed by atoms with Gasteiger partial charge in [-0.15, -0.1) is 0 Å². The largest absolute Gasteiger partial charge is 0.505 e. The molecule has 4 saturated carbocycles. The highest BCUT2D eigenvalue weighted by Gasteiger charge is 2.52. The van der Waals surface area contributed by atoms with Crippen molar-refractivity contribution in [3.05, 3.63) is 88.1 Å². The number of benzene rings is 3. The number of alkyl halides is 3. The number of anilines is 1. The molecule has 0 spiro atoms. The third kappa shape index (κ3) is 5.59. The molecule has 2 aliphatic heterocycles. The second-order valence-electron chi connectivity index (χ2n) is 14.0. The number of hydrogen-bond donors (Lipinski definition) is 1. The molecule has 4 bridgehead atoms. The lowest BCUT2D eigenvalue weighted by molar-refractivity contribution is -0.137. The number of phenols is 1. The van der Waals surface area contributed by atoms with Crippen molar-refractivity contribution in [3.8, 4) is 16.9 Å². The summed E-state index contributed by atoms with van der Waals surface area (Å²) >= 11 is 1.07. The second-order valence-corrected chi connectivity index (χ2v) is 15.0. The molecule has 5 fully saturated rings.